The average molecular weight is 412 g/mol. The van der Waals surface area contributed by atoms with Crippen LogP contribution in [0.5, 0.6) is 0 Å². The molecule has 0 unspecified atom stereocenters. The van der Waals surface area contributed by atoms with Gasteiger partial charge in [0, 0.05) is 27.5 Å². The lowest BCUT2D eigenvalue weighted by Gasteiger charge is -2.10. The van der Waals surface area contributed by atoms with E-state index in [4.69, 9.17) is 10.7 Å². The molecule has 0 aliphatic heterocycles. The van der Waals surface area contributed by atoms with Crippen molar-refractivity contribution in [3.63, 3.8) is 0 Å². The molecule has 112 valence electrons. The smallest absolute Gasteiger partial charge is 0.263 e. The molecule has 0 amide bonds. The van der Waals surface area contributed by atoms with Gasteiger partial charge in [-0.3, -0.25) is 9.71 Å². The molecule has 1 N–H and O–H groups in total. The van der Waals surface area contributed by atoms with Crippen LogP contribution in [0.15, 0.2) is 57.0 Å². The van der Waals surface area contributed by atoms with Crippen LogP contribution in [-0.4, -0.2) is 21.8 Å². The summed E-state index contributed by atoms with van der Waals surface area (Å²) in [6.07, 6.45) is 2.66. The second-order valence-electron chi connectivity index (χ2n) is 3.87. The Labute approximate surface area is 134 Å². The predicted octanol–water partition coefficient (Wildman–Crippen LogP) is 2.57. The Balaban J connectivity index is 2.37. The van der Waals surface area contributed by atoms with Crippen LogP contribution in [-0.2, 0) is 19.1 Å². The Morgan fingerprint density at radius 1 is 1.10 bits per heavy atom. The minimum Gasteiger partial charge on any atom is -0.278 e. The summed E-state index contributed by atoms with van der Waals surface area (Å²) < 4.78 is 49.2. The molecule has 1 aromatic heterocycles. The van der Waals surface area contributed by atoms with Crippen LogP contribution in [0, 0.1) is 0 Å². The molecular weight excluding hydrogens is 404 g/mol. The molecule has 2 rings (SSSR count). The van der Waals surface area contributed by atoms with Crippen molar-refractivity contribution in [2.24, 2.45) is 0 Å². The molecule has 0 saturated heterocycles. The van der Waals surface area contributed by atoms with Crippen LogP contribution in [0.4, 0.5) is 5.69 Å². The van der Waals surface area contributed by atoms with Crippen molar-refractivity contribution in [3.8, 4) is 0 Å². The lowest BCUT2D eigenvalue weighted by atomic mass is 10.3. The van der Waals surface area contributed by atoms with Crippen molar-refractivity contribution in [3.05, 3.63) is 47.2 Å². The summed E-state index contributed by atoms with van der Waals surface area (Å²) in [5, 5.41) is 0. The van der Waals surface area contributed by atoms with E-state index in [1.54, 1.807) is 0 Å². The van der Waals surface area contributed by atoms with Gasteiger partial charge in [0.05, 0.1) is 10.6 Å². The zero-order valence-corrected chi connectivity index (χ0v) is 14.2. The minimum absolute atomic E-state index is 0.00839. The number of benzene rings is 1. The molecule has 0 aliphatic carbocycles. The molecule has 0 radical (unpaired) electrons. The van der Waals surface area contributed by atoms with Crippen molar-refractivity contribution < 1.29 is 16.8 Å². The third-order valence-electron chi connectivity index (χ3n) is 2.41. The number of aromatic nitrogens is 1. The summed E-state index contributed by atoms with van der Waals surface area (Å²) >= 11 is 3.10. The molecule has 1 heterocycles. The highest BCUT2D eigenvalue weighted by Gasteiger charge is 2.17. The first kappa shape index (κ1) is 16.2. The van der Waals surface area contributed by atoms with Gasteiger partial charge in [-0.1, -0.05) is 0 Å². The van der Waals surface area contributed by atoms with Gasteiger partial charge in [-0.05, 0) is 46.3 Å². The molecule has 0 atom stereocenters. The van der Waals surface area contributed by atoms with Crippen LogP contribution in [0.25, 0.3) is 0 Å². The van der Waals surface area contributed by atoms with Crippen LogP contribution < -0.4 is 4.72 Å². The van der Waals surface area contributed by atoms with E-state index in [-0.39, 0.29) is 20.0 Å². The van der Waals surface area contributed by atoms with Crippen LogP contribution >= 0.6 is 26.6 Å². The number of sulfonamides is 1. The van der Waals surface area contributed by atoms with E-state index in [0.29, 0.717) is 0 Å². The van der Waals surface area contributed by atoms with E-state index < -0.39 is 19.1 Å². The molecule has 10 heteroatoms. The normalized spacial score (nSPS) is 12.1. The minimum atomic E-state index is -3.88. The number of halogens is 2. The molecule has 0 aliphatic rings. The molecule has 0 bridgehead atoms. The highest BCUT2D eigenvalue weighted by Crippen LogP contribution is 2.28. The average Bonchev–Trinajstić information content (AvgIpc) is 2.41. The number of pyridine rings is 1. The van der Waals surface area contributed by atoms with Gasteiger partial charge in [0.1, 0.15) is 4.90 Å². The van der Waals surface area contributed by atoms with E-state index in [1.165, 1.54) is 42.7 Å². The largest absolute Gasteiger partial charge is 0.278 e. The van der Waals surface area contributed by atoms with Crippen molar-refractivity contribution in [1.29, 1.82) is 0 Å². The number of rotatable bonds is 4. The molecular formula is C11H8BrClN2O4S2. The second kappa shape index (κ2) is 5.91. The maximum absolute atomic E-state index is 12.1. The zero-order valence-electron chi connectivity index (χ0n) is 10.2. The quantitative estimate of drug-likeness (QED) is 0.781. The number of nitrogens with one attached hydrogen (secondary N) is 1. The van der Waals surface area contributed by atoms with Gasteiger partial charge in [0.2, 0.25) is 0 Å². The van der Waals surface area contributed by atoms with Gasteiger partial charge >= 0.3 is 0 Å². The fourth-order valence-corrected chi connectivity index (χ4v) is 4.02. The Morgan fingerprint density at radius 3 is 2.33 bits per heavy atom. The third-order valence-corrected chi connectivity index (χ3v) is 5.77. The van der Waals surface area contributed by atoms with Crippen molar-refractivity contribution in [2.45, 2.75) is 9.79 Å². The molecule has 1 aromatic carbocycles. The Morgan fingerprint density at radius 2 is 1.81 bits per heavy atom. The third kappa shape index (κ3) is 3.94. The highest BCUT2D eigenvalue weighted by atomic mass is 79.9. The van der Waals surface area contributed by atoms with Crippen LogP contribution in [0.3, 0.4) is 0 Å². The van der Waals surface area contributed by atoms with Crippen LogP contribution in [0.2, 0.25) is 0 Å². The van der Waals surface area contributed by atoms with E-state index in [1.807, 2.05) is 0 Å². The van der Waals surface area contributed by atoms with Gasteiger partial charge in [0.15, 0.2) is 0 Å². The van der Waals surface area contributed by atoms with Gasteiger partial charge < -0.3 is 0 Å². The number of nitrogens with zero attached hydrogens (tertiary/aromatic N) is 1. The first-order valence-electron chi connectivity index (χ1n) is 5.37. The van der Waals surface area contributed by atoms with E-state index in [2.05, 4.69) is 25.6 Å². The van der Waals surface area contributed by atoms with E-state index >= 15 is 0 Å². The Bertz CT molecular complexity index is 870. The van der Waals surface area contributed by atoms with Crippen molar-refractivity contribution in [1.82, 2.24) is 4.98 Å². The second-order valence-corrected chi connectivity index (χ2v) is 8.98. The molecule has 0 fully saturated rings. The summed E-state index contributed by atoms with van der Waals surface area (Å²) in [6.45, 7) is 0. The van der Waals surface area contributed by atoms with Gasteiger partial charge in [0.25, 0.3) is 19.1 Å². The molecule has 0 spiro atoms. The first-order chi connectivity index (χ1) is 9.70. The Hall–Kier alpha value is -1.16. The molecule has 2 aromatic rings. The fourth-order valence-electron chi connectivity index (χ4n) is 1.44. The van der Waals surface area contributed by atoms with Crippen LogP contribution in [0.1, 0.15) is 0 Å². The standard InChI is InChI=1S/C11H8BrClN2O4S2/c12-10-6-8(20(13,16)17)3-4-11(10)15-21(18,19)9-2-1-5-14-7-9/h1-7,15H. The SMILES string of the molecule is O=S(=O)(Cl)c1ccc(NS(=O)(=O)c2cccnc2)c(Br)c1. The molecule has 6 nitrogen and oxygen atoms in total. The Kier molecular flexibility index (Phi) is 4.57. The van der Waals surface area contributed by atoms with Gasteiger partial charge in [-0.2, -0.15) is 0 Å². The lowest BCUT2D eigenvalue weighted by Crippen LogP contribution is -2.13. The fraction of sp³-hybridized carbons (Fsp3) is 0. The highest BCUT2D eigenvalue weighted by molar-refractivity contribution is 9.10. The summed E-state index contributed by atoms with van der Waals surface area (Å²) in [6, 6.07) is 6.60. The molecule has 0 saturated carbocycles. The maximum Gasteiger partial charge on any atom is 0.263 e. The van der Waals surface area contributed by atoms with E-state index in [0.717, 1.165) is 0 Å². The van der Waals surface area contributed by atoms with Crippen molar-refractivity contribution in [2.75, 3.05) is 4.72 Å². The van der Waals surface area contributed by atoms with E-state index in [9.17, 15) is 16.8 Å². The monoisotopic (exact) mass is 410 g/mol. The zero-order chi connectivity index (χ0) is 15.7. The lowest BCUT2D eigenvalue weighted by molar-refractivity contribution is 0.600. The summed E-state index contributed by atoms with van der Waals surface area (Å²) in [5.74, 6) is 0. The summed E-state index contributed by atoms with van der Waals surface area (Å²) in [4.78, 5) is 3.59. The van der Waals surface area contributed by atoms with Gasteiger partial charge in [-0.25, -0.2) is 16.8 Å². The first-order valence-corrected chi connectivity index (χ1v) is 9.96. The predicted molar refractivity (Wildman–Crippen MR) is 82.2 cm³/mol. The number of hydrogen-bond donors (Lipinski definition) is 1. The maximum atomic E-state index is 12.1. The summed E-state index contributed by atoms with van der Waals surface area (Å²) in [7, 11) is -2.48. The molecule has 21 heavy (non-hydrogen) atoms. The summed E-state index contributed by atoms with van der Waals surface area (Å²) in [5.41, 5.74) is 0.183. The topological polar surface area (TPSA) is 93.2 Å². The van der Waals surface area contributed by atoms with Crippen molar-refractivity contribution >= 4 is 51.4 Å². The number of hydrogen-bond acceptors (Lipinski definition) is 5. The number of anilines is 1. The van der Waals surface area contributed by atoms with Gasteiger partial charge in [-0.15, -0.1) is 0 Å².